The normalized spacial score (nSPS) is 14.7. The molecule has 0 radical (unpaired) electrons. The van der Waals surface area contributed by atoms with E-state index in [1.165, 1.54) is 6.07 Å². The number of nitrogens with zero attached hydrogens (tertiary/aromatic N) is 1. The second kappa shape index (κ2) is 7.55. The smallest absolute Gasteiger partial charge is 0.263 e. The SMILES string of the molecule is COc1ccc(CNS(=O)(=O)c2ccc(C(=O)N3CCCC3)s2)cc1. The highest BCUT2D eigenvalue weighted by Crippen LogP contribution is 2.24. The Kier molecular flexibility index (Phi) is 5.41. The number of amides is 1. The summed E-state index contributed by atoms with van der Waals surface area (Å²) in [7, 11) is -2.06. The number of sulfonamides is 1. The molecule has 1 fully saturated rings. The van der Waals surface area contributed by atoms with E-state index >= 15 is 0 Å². The van der Waals surface area contributed by atoms with Gasteiger partial charge in [-0.25, -0.2) is 13.1 Å². The van der Waals surface area contributed by atoms with E-state index in [0.717, 1.165) is 48.6 Å². The van der Waals surface area contributed by atoms with Gasteiger partial charge >= 0.3 is 0 Å². The van der Waals surface area contributed by atoms with Gasteiger partial charge in [-0.15, -0.1) is 11.3 Å². The van der Waals surface area contributed by atoms with Crippen LogP contribution >= 0.6 is 11.3 Å². The van der Waals surface area contributed by atoms with Crippen LogP contribution < -0.4 is 9.46 Å². The van der Waals surface area contributed by atoms with Crippen molar-refractivity contribution in [2.45, 2.75) is 23.6 Å². The molecule has 0 spiro atoms. The Morgan fingerprint density at radius 1 is 1.16 bits per heavy atom. The van der Waals surface area contributed by atoms with E-state index in [4.69, 9.17) is 4.74 Å². The van der Waals surface area contributed by atoms with Gasteiger partial charge in [-0.05, 0) is 42.7 Å². The second-order valence-corrected chi connectivity index (χ2v) is 8.87. The fourth-order valence-electron chi connectivity index (χ4n) is 2.65. The second-order valence-electron chi connectivity index (χ2n) is 5.79. The molecule has 6 nitrogen and oxygen atoms in total. The number of rotatable bonds is 6. The number of ether oxygens (including phenoxy) is 1. The third-order valence-corrected chi connectivity index (χ3v) is 7.04. The number of hydrogen-bond donors (Lipinski definition) is 1. The van der Waals surface area contributed by atoms with Crippen LogP contribution in [0.2, 0.25) is 0 Å². The maximum Gasteiger partial charge on any atom is 0.263 e. The molecule has 0 atom stereocenters. The zero-order valence-corrected chi connectivity index (χ0v) is 15.5. The Morgan fingerprint density at radius 3 is 2.48 bits per heavy atom. The van der Waals surface area contributed by atoms with Gasteiger partial charge in [0.15, 0.2) is 0 Å². The Labute approximate surface area is 151 Å². The molecule has 1 aromatic heterocycles. The highest BCUT2D eigenvalue weighted by atomic mass is 32.2. The van der Waals surface area contributed by atoms with Crippen LogP contribution in [0.25, 0.3) is 0 Å². The van der Waals surface area contributed by atoms with Crippen LogP contribution in [0.15, 0.2) is 40.6 Å². The zero-order valence-electron chi connectivity index (χ0n) is 13.9. The van der Waals surface area contributed by atoms with E-state index in [1.807, 2.05) is 0 Å². The molecule has 0 saturated carbocycles. The molecule has 0 unspecified atom stereocenters. The maximum absolute atomic E-state index is 12.4. The first kappa shape index (κ1) is 17.9. The number of nitrogens with one attached hydrogen (secondary N) is 1. The molecule has 1 aromatic carbocycles. The summed E-state index contributed by atoms with van der Waals surface area (Å²) in [4.78, 5) is 14.6. The molecule has 2 heterocycles. The first-order chi connectivity index (χ1) is 12.0. The average molecular weight is 380 g/mol. The minimum absolute atomic E-state index is 0.0842. The predicted molar refractivity (Wildman–Crippen MR) is 96.5 cm³/mol. The number of methoxy groups -OCH3 is 1. The topological polar surface area (TPSA) is 75.7 Å². The summed E-state index contributed by atoms with van der Waals surface area (Å²) in [5.74, 6) is 0.633. The third-order valence-electron chi connectivity index (χ3n) is 4.08. The number of benzene rings is 1. The number of hydrogen-bond acceptors (Lipinski definition) is 5. The number of likely N-dealkylation sites (tertiary alicyclic amines) is 1. The highest BCUT2D eigenvalue weighted by molar-refractivity contribution is 7.91. The third kappa shape index (κ3) is 4.20. The van der Waals surface area contributed by atoms with E-state index < -0.39 is 10.0 Å². The fourth-order valence-corrected chi connectivity index (χ4v) is 4.98. The van der Waals surface area contributed by atoms with Gasteiger partial charge in [0.2, 0.25) is 10.0 Å². The van der Waals surface area contributed by atoms with Crippen molar-refractivity contribution in [1.29, 1.82) is 0 Å². The summed E-state index contributed by atoms with van der Waals surface area (Å²) in [6, 6.07) is 10.2. The van der Waals surface area contributed by atoms with Crippen LogP contribution in [0, 0.1) is 0 Å². The van der Waals surface area contributed by atoms with Crippen LogP contribution in [0.4, 0.5) is 0 Å². The lowest BCUT2D eigenvalue weighted by atomic mass is 10.2. The van der Waals surface area contributed by atoms with E-state index in [9.17, 15) is 13.2 Å². The summed E-state index contributed by atoms with van der Waals surface area (Å²) in [6.45, 7) is 1.67. The summed E-state index contributed by atoms with van der Waals surface area (Å²) in [6.07, 6.45) is 2.01. The number of carbonyl (C=O) groups excluding carboxylic acids is 1. The van der Waals surface area contributed by atoms with Crippen LogP contribution in [-0.4, -0.2) is 39.4 Å². The summed E-state index contributed by atoms with van der Waals surface area (Å²) >= 11 is 1.01. The van der Waals surface area contributed by atoms with Crippen LogP contribution in [0.1, 0.15) is 28.1 Å². The van der Waals surface area contributed by atoms with Gasteiger partial charge in [0.25, 0.3) is 5.91 Å². The molecule has 2 aromatic rings. The predicted octanol–water partition coefficient (Wildman–Crippen LogP) is 2.47. The Hall–Kier alpha value is -1.90. The largest absolute Gasteiger partial charge is 0.497 e. The first-order valence-electron chi connectivity index (χ1n) is 8.01. The number of carbonyl (C=O) groups is 1. The molecule has 0 aliphatic carbocycles. The lowest BCUT2D eigenvalue weighted by Crippen LogP contribution is -2.26. The maximum atomic E-state index is 12.4. The van der Waals surface area contributed by atoms with Crippen molar-refractivity contribution < 1.29 is 17.9 Å². The molecular weight excluding hydrogens is 360 g/mol. The molecule has 8 heteroatoms. The average Bonchev–Trinajstić information content (AvgIpc) is 3.31. The Balaban J connectivity index is 1.66. The van der Waals surface area contributed by atoms with Gasteiger partial charge in [0.05, 0.1) is 12.0 Å². The summed E-state index contributed by atoms with van der Waals surface area (Å²) < 4.78 is 32.7. The van der Waals surface area contributed by atoms with Crippen molar-refractivity contribution in [2.75, 3.05) is 20.2 Å². The van der Waals surface area contributed by atoms with Crippen molar-refractivity contribution >= 4 is 27.3 Å². The number of thiophene rings is 1. The highest BCUT2D eigenvalue weighted by Gasteiger charge is 2.23. The van der Waals surface area contributed by atoms with Gasteiger partial charge < -0.3 is 9.64 Å². The van der Waals surface area contributed by atoms with Crippen molar-refractivity contribution in [3.8, 4) is 5.75 Å². The fraction of sp³-hybridized carbons (Fsp3) is 0.353. The molecule has 1 saturated heterocycles. The van der Waals surface area contributed by atoms with Crippen molar-refractivity contribution in [1.82, 2.24) is 9.62 Å². The van der Waals surface area contributed by atoms with E-state index in [1.54, 1.807) is 42.3 Å². The van der Waals surface area contributed by atoms with E-state index in [0.29, 0.717) is 4.88 Å². The van der Waals surface area contributed by atoms with Gasteiger partial charge in [-0.2, -0.15) is 0 Å². The molecule has 1 N–H and O–H groups in total. The molecule has 25 heavy (non-hydrogen) atoms. The van der Waals surface area contributed by atoms with Gasteiger partial charge in [0, 0.05) is 19.6 Å². The Bertz CT molecular complexity index is 838. The monoisotopic (exact) mass is 380 g/mol. The van der Waals surface area contributed by atoms with Crippen molar-refractivity contribution in [2.24, 2.45) is 0 Å². The summed E-state index contributed by atoms with van der Waals surface area (Å²) in [5, 5.41) is 0. The van der Waals surface area contributed by atoms with Crippen LogP contribution in [0.5, 0.6) is 5.75 Å². The standard InChI is InChI=1S/C17H20N2O4S2/c1-23-14-6-4-13(5-7-14)12-18-25(21,22)16-9-8-15(24-16)17(20)19-10-2-3-11-19/h4-9,18H,2-3,10-12H2,1H3. The lowest BCUT2D eigenvalue weighted by molar-refractivity contribution is 0.0797. The minimum Gasteiger partial charge on any atom is -0.497 e. The molecule has 1 aliphatic rings. The van der Waals surface area contributed by atoms with Gasteiger partial charge in [-0.1, -0.05) is 12.1 Å². The van der Waals surface area contributed by atoms with Crippen molar-refractivity contribution in [3.63, 3.8) is 0 Å². The van der Waals surface area contributed by atoms with Crippen molar-refractivity contribution in [3.05, 3.63) is 46.8 Å². The summed E-state index contributed by atoms with van der Waals surface area (Å²) in [5.41, 5.74) is 0.828. The zero-order chi connectivity index (χ0) is 17.9. The van der Waals surface area contributed by atoms with Gasteiger partial charge in [-0.3, -0.25) is 4.79 Å². The first-order valence-corrected chi connectivity index (χ1v) is 10.3. The van der Waals surface area contributed by atoms with E-state index in [-0.39, 0.29) is 16.7 Å². The molecule has 1 aliphatic heterocycles. The molecule has 3 rings (SSSR count). The molecule has 134 valence electrons. The van der Waals surface area contributed by atoms with Gasteiger partial charge in [0.1, 0.15) is 9.96 Å². The van der Waals surface area contributed by atoms with E-state index in [2.05, 4.69) is 4.72 Å². The molecular formula is C17H20N2O4S2. The quantitative estimate of drug-likeness (QED) is 0.835. The lowest BCUT2D eigenvalue weighted by Gasteiger charge is -2.13. The molecule has 0 bridgehead atoms. The van der Waals surface area contributed by atoms with Crippen LogP contribution in [-0.2, 0) is 16.6 Å². The van der Waals surface area contributed by atoms with Crippen LogP contribution in [0.3, 0.4) is 0 Å². The Morgan fingerprint density at radius 2 is 1.84 bits per heavy atom. The minimum atomic E-state index is -3.64. The molecule has 1 amide bonds.